The number of nitrogens with zero attached hydrogens (tertiary/aromatic N) is 5. The third kappa shape index (κ3) is 4.31. The maximum absolute atomic E-state index is 10.1. The van der Waals surface area contributed by atoms with Gasteiger partial charge in [0.05, 0.1) is 56.6 Å². The van der Waals surface area contributed by atoms with E-state index in [9.17, 15) is 15.8 Å². The Bertz CT molecular complexity index is 2970. The predicted molar refractivity (Wildman–Crippen MR) is 200 cm³/mol. The average molecular weight is 636 g/mol. The van der Waals surface area contributed by atoms with Crippen molar-refractivity contribution >= 4 is 43.6 Å². The summed E-state index contributed by atoms with van der Waals surface area (Å²) in [6.07, 6.45) is 0. The van der Waals surface area contributed by atoms with Crippen molar-refractivity contribution in [1.29, 1.82) is 15.8 Å². The molecular formula is C45H25N5. The first-order valence-corrected chi connectivity index (χ1v) is 16.3. The highest BCUT2D eigenvalue weighted by Gasteiger charge is 2.20. The molecule has 50 heavy (non-hydrogen) atoms. The molecule has 5 heteroatoms. The Balaban J connectivity index is 1.30. The highest BCUT2D eigenvalue weighted by Crippen LogP contribution is 2.41. The zero-order chi connectivity index (χ0) is 33.8. The van der Waals surface area contributed by atoms with Crippen molar-refractivity contribution in [3.05, 3.63) is 168 Å². The highest BCUT2D eigenvalue weighted by molar-refractivity contribution is 6.12. The first-order valence-electron chi connectivity index (χ1n) is 16.3. The van der Waals surface area contributed by atoms with E-state index in [0.29, 0.717) is 16.7 Å². The van der Waals surface area contributed by atoms with Crippen LogP contribution in [0.1, 0.15) is 16.7 Å². The lowest BCUT2D eigenvalue weighted by atomic mass is 9.91. The van der Waals surface area contributed by atoms with Crippen molar-refractivity contribution in [3.63, 3.8) is 0 Å². The normalized spacial score (nSPS) is 11.1. The lowest BCUT2D eigenvalue weighted by molar-refractivity contribution is 1.17. The van der Waals surface area contributed by atoms with Gasteiger partial charge in [-0.25, -0.2) is 0 Å². The summed E-state index contributed by atoms with van der Waals surface area (Å²) >= 11 is 0. The zero-order valence-electron chi connectivity index (χ0n) is 26.7. The molecule has 7 aromatic carbocycles. The Hall–Kier alpha value is -7.39. The SMILES string of the molecule is N#Cc1ccc(-c2cccc(-n3c4ccccc4c4cccc(C#N)c43)c2)c(-c2ccccc2-n2c3ccccc3c3cc(C#N)ccc32)c1. The van der Waals surface area contributed by atoms with E-state index in [0.717, 1.165) is 77.2 Å². The van der Waals surface area contributed by atoms with Gasteiger partial charge in [-0.05, 0) is 83.4 Å². The molecule has 0 spiro atoms. The second-order valence-corrected chi connectivity index (χ2v) is 12.3. The van der Waals surface area contributed by atoms with Gasteiger partial charge in [-0.2, -0.15) is 15.8 Å². The van der Waals surface area contributed by atoms with Crippen LogP contribution in [0.3, 0.4) is 0 Å². The average Bonchev–Trinajstić information content (AvgIpc) is 3.70. The fraction of sp³-hybridized carbons (Fsp3) is 0. The molecule has 0 radical (unpaired) electrons. The molecule has 0 aliphatic rings. The number of fused-ring (bicyclic) bond motifs is 6. The van der Waals surface area contributed by atoms with E-state index in [4.69, 9.17) is 0 Å². The third-order valence-corrected chi connectivity index (χ3v) is 9.62. The van der Waals surface area contributed by atoms with Crippen molar-refractivity contribution in [2.24, 2.45) is 0 Å². The van der Waals surface area contributed by atoms with Crippen molar-refractivity contribution in [2.45, 2.75) is 0 Å². The lowest BCUT2D eigenvalue weighted by Crippen LogP contribution is -1.99. The number of benzene rings is 7. The van der Waals surface area contributed by atoms with Crippen LogP contribution in [0.25, 0.3) is 77.2 Å². The Labute approximate surface area is 287 Å². The fourth-order valence-corrected chi connectivity index (χ4v) is 7.48. The number of hydrogen-bond donors (Lipinski definition) is 0. The summed E-state index contributed by atoms with van der Waals surface area (Å²) in [5.41, 5.74) is 11.5. The minimum Gasteiger partial charge on any atom is -0.309 e. The van der Waals surface area contributed by atoms with Crippen LogP contribution in [-0.4, -0.2) is 9.13 Å². The van der Waals surface area contributed by atoms with E-state index in [1.54, 1.807) is 0 Å². The van der Waals surface area contributed by atoms with Crippen LogP contribution in [0.15, 0.2) is 152 Å². The molecule has 0 atom stereocenters. The molecule has 0 fully saturated rings. The first kappa shape index (κ1) is 28.8. The molecule has 0 aliphatic carbocycles. The molecule has 5 nitrogen and oxygen atoms in total. The fourth-order valence-electron chi connectivity index (χ4n) is 7.48. The van der Waals surface area contributed by atoms with E-state index in [-0.39, 0.29) is 0 Å². The molecule has 0 N–H and O–H groups in total. The topological polar surface area (TPSA) is 81.2 Å². The van der Waals surface area contributed by atoms with E-state index in [1.165, 1.54) is 0 Å². The van der Waals surface area contributed by atoms with E-state index in [1.807, 2.05) is 91.0 Å². The van der Waals surface area contributed by atoms with E-state index in [2.05, 4.69) is 88.0 Å². The summed E-state index contributed by atoms with van der Waals surface area (Å²) < 4.78 is 4.43. The maximum Gasteiger partial charge on any atom is 0.101 e. The molecular weight excluding hydrogens is 611 g/mol. The first-order chi connectivity index (χ1) is 24.7. The molecule has 9 rings (SSSR count). The van der Waals surface area contributed by atoms with Crippen molar-refractivity contribution < 1.29 is 0 Å². The molecule has 2 aromatic heterocycles. The third-order valence-electron chi connectivity index (χ3n) is 9.62. The molecule has 9 aromatic rings. The van der Waals surface area contributed by atoms with Gasteiger partial charge in [0.1, 0.15) is 6.07 Å². The van der Waals surface area contributed by atoms with Crippen LogP contribution in [-0.2, 0) is 0 Å². The monoisotopic (exact) mass is 635 g/mol. The van der Waals surface area contributed by atoms with Crippen LogP contribution in [0.4, 0.5) is 0 Å². The summed E-state index contributed by atoms with van der Waals surface area (Å²) in [6.45, 7) is 0. The second-order valence-electron chi connectivity index (χ2n) is 12.3. The van der Waals surface area contributed by atoms with Gasteiger partial charge < -0.3 is 9.13 Å². The van der Waals surface area contributed by atoms with Gasteiger partial charge >= 0.3 is 0 Å². The van der Waals surface area contributed by atoms with Gasteiger partial charge in [-0.3, -0.25) is 0 Å². The van der Waals surface area contributed by atoms with E-state index >= 15 is 0 Å². The minimum atomic E-state index is 0.566. The second kappa shape index (κ2) is 11.4. The van der Waals surface area contributed by atoms with Gasteiger partial charge in [0.15, 0.2) is 0 Å². The molecule has 0 aliphatic heterocycles. The molecule has 230 valence electrons. The Kier molecular flexibility index (Phi) is 6.56. The molecule has 0 amide bonds. The van der Waals surface area contributed by atoms with Crippen LogP contribution in [0.5, 0.6) is 0 Å². The smallest absolute Gasteiger partial charge is 0.101 e. The zero-order valence-corrected chi connectivity index (χ0v) is 26.7. The van der Waals surface area contributed by atoms with Crippen LogP contribution >= 0.6 is 0 Å². The number of para-hydroxylation sites is 4. The van der Waals surface area contributed by atoms with Crippen LogP contribution in [0, 0.1) is 34.0 Å². The van der Waals surface area contributed by atoms with Crippen molar-refractivity contribution in [3.8, 4) is 51.8 Å². The molecule has 0 saturated heterocycles. The van der Waals surface area contributed by atoms with Gasteiger partial charge in [-0.15, -0.1) is 0 Å². The Morgan fingerprint density at radius 2 is 1.04 bits per heavy atom. The van der Waals surface area contributed by atoms with E-state index < -0.39 is 0 Å². The highest BCUT2D eigenvalue weighted by atomic mass is 15.0. The van der Waals surface area contributed by atoms with Gasteiger partial charge in [0, 0.05) is 32.8 Å². The van der Waals surface area contributed by atoms with Gasteiger partial charge in [0.2, 0.25) is 0 Å². The summed E-state index contributed by atoms with van der Waals surface area (Å²) in [4.78, 5) is 0. The van der Waals surface area contributed by atoms with Crippen LogP contribution in [0.2, 0.25) is 0 Å². The standard InChI is InChI=1S/C45H25N5/c46-26-29-19-21-34(31-9-7-11-33(25-31)49-41-16-4-1-12-35(41)38-15-8-10-32(28-48)45(38)49)39(23-29)36-13-2-5-17-42(36)50-43-18-6-3-14-37(43)40-24-30(27-47)20-22-44(40)50/h1-25H. The van der Waals surface area contributed by atoms with Crippen molar-refractivity contribution in [1.82, 2.24) is 9.13 Å². The molecule has 2 heterocycles. The number of aromatic nitrogens is 2. The quantitative estimate of drug-likeness (QED) is 0.193. The summed E-state index contributed by atoms with van der Waals surface area (Å²) in [5, 5.41) is 34.1. The number of rotatable bonds is 4. The summed E-state index contributed by atoms with van der Waals surface area (Å²) in [5.74, 6) is 0. The maximum atomic E-state index is 10.1. The predicted octanol–water partition coefficient (Wildman–Crippen LogP) is 10.8. The molecule has 0 bridgehead atoms. The summed E-state index contributed by atoms with van der Waals surface area (Å²) in [6, 6.07) is 57.8. The minimum absolute atomic E-state index is 0.566. The lowest BCUT2D eigenvalue weighted by Gasteiger charge is -2.18. The van der Waals surface area contributed by atoms with Crippen LogP contribution < -0.4 is 0 Å². The Morgan fingerprint density at radius 1 is 0.400 bits per heavy atom. The number of nitriles is 3. The van der Waals surface area contributed by atoms with Crippen molar-refractivity contribution in [2.75, 3.05) is 0 Å². The number of hydrogen-bond acceptors (Lipinski definition) is 3. The summed E-state index contributed by atoms with van der Waals surface area (Å²) in [7, 11) is 0. The molecule has 0 unspecified atom stereocenters. The Morgan fingerprint density at radius 3 is 1.84 bits per heavy atom. The van der Waals surface area contributed by atoms with Gasteiger partial charge in [0.25, 0.3) is 0 Å². The van der Waals surface area contributed by atoms with Gasteiger partial charge in [-0.1, -0.05) is 84.9 Å². The largest absolute Gasteiger partial charge is 0.309 e. The molecule has 0 saturated carbocycles.